The highest BCUT2D eigenvalue weighted by Gasteiger charge is 2.33. The first kappa shape index (κ1) is 17.0. The van der Waals surface area contributed by atoms with Crippen molar-refractivity contribution in [3.05, 3.63) is 41.0 Å². The molecule has 1 N–H and O–H groups in total. The zero-order valence-corrected chi connectivity index (χ0v) is 15.3. The summed E-state index contributed by atoms with van der Waals surface area (Å²) < 4.78 is 19.6. The molecule has 0 bridgehead atoms. The number of aromatic amines is 1. The van der Waals surface area contributed by atoms with Crippen molar-refractivity contribution in [2.24, 2.45) is 0 Å². The van der Waals surface area contributed by atoms with E-state index in [1.807, 2.05) is 25.8 Å². The number of benzene rings is 1. The molecule has 3 heterocycles. The molecule has 0 spiro atoms. The Bertz CT molecular complexity index is 850. The number of amides is 1. The lowest BCUT2D eigenvalue weighted by Gasteiger charge is -2.27. The van der Waals surface area contributed by atoms with Crippen LogP contribution in [0, 0.1) is 5.82 Å². The molecule has 2 atom stereocenters. The number of rotatable bonds is 1. The lowest BCUT2D eigenvalue weighted by atomic mass is 9.99. The van der Waals surface area contributed by atoms with Crippen molar-refractivity contribution in [2.75, 3.05) is 29.9 Å². The number of fused-ring (bicyclic) bond motifs is 2. The van der Waals surface area contributed by atoms with Crippen molar-refractivity contribution in [3.8, 4) is 0 Å². The fraction of sp³-hybridized carbons (Fsp3) is 0.474. The normalized spacial score (nSPS) is 22.6. The van der Waals surface area contributed by atoms with Gasteiger partial charge in [-0.15, -0.1) is 0 Å². The first-order valence-electron chi connectivity index (χ1n) is 9.01. The minimum atomic E-state index is -0.304. The number of carbonyl (C=O) groups is 1. The Labute approximate surface area is 151 Å². The Hall–Kier alpha value is -2.41. The van der Waals surface area contributed by atoms with E-state index in [0.717, 1.165) is 35.6 Å². The highest BCUT2D eigenvalue weighted by Crippen LogP contribution is 2.35. The summed E-state index contributed by atoms with van der Waals surface area (Å²) in [6.07, 6.45) is 1.39. The Morgan fingerprint density at radius 3 is 2.92 bits per heavy atom. The second kappa shape index (κ2) is 6.39. The summed E-state index contributed by atoms with van der Waals surface area (Å²) in [5, 5.41) is 7.30. The molecule has 0 fully saturated rings. The minimum absolute atomic E-state index is 0.0401. The van der Waals surface area contributed by atoms with Gasteiger partial charge in [0.25, 0.3) is 5.91 Å². The number of carbonyl (C=O) groups excluding carboxylic acids is 1. The smallest absolute Gasteiger partial charge is 0.279 e. The van der Waals surface area contributed by atoms with E-state index in [9.17, 15) is 9.18 Å². The van der Waals surface area contributed by atoms with E-state index in [4.69, 9.17) is 4.74 Å². The van der Waals surface area contributed by atoms with Crippen LogP contribution in [0.5, 0.6) is 0 Å². The van der Waals surface area contributed by atoms with E-state index >= 15 is 0 Å². The predicted molar refractivity (Wildman–Crippen MR) is 97.2 cm³/mol. The number of anilines is 2. The fourth-order valence-corrected chi connectivity index (χ4v) is 3.93. The molecule has 6 nitrogen and oxygen atoms in total. The number of nitrogens with one attached hydrogen (secondary N) is 1. The maximum absolute atomic E-state index is 13.8. The Morgan fingerprint density at radius 2 is 2.12 bits per heavy atom. The Morgan fingerprint density at radius 1 is 1.31 bits per heavy atom. The molecule has 0 saturated carbocycles. The van der Waals surface area contributed by atoms with Gasteiger partial charge < -0.3 is 14.5 Å². The van der Waals surface area contributed by atoms with Crippen LogP contribution in [-0.4, -0.2) is 42.3 Å². The molecule has 2 aliphatic rings. The first-order chi connectivity index (χ1) is 12.5. The third kappa shape index (κ3) is 2.76. The minimum Gasteiger partial charge on any atom is -0.373 e. The average molecular weight is 358 g/mol. The van der Waals surface area contributed by atoms with Crippen LogP contribution in [0.3, 0.4) is 0 Å². The summed E-state index contributed by atoms with van der Waals surface area (Å²) in [7, 11) is 1.92. The largest absolute Gasteiger partial charge is 0.373 e. The summed E-state index contributed by atoms with van der Waals surface area (Å²) in [5.41, 5.74) is 3.70. The second-order valence-corrected chi connectivity index (χ2v) is 7.12. The molecule has 0 aliphatic carbocycles. The molecule has 0 unspecified atom stereocenters. The standard InChI is InChI=1S/C19H23FN4O2/c1-11-9-14-17(12(2)26-11)21-22-18(14)19(25)24-8-4-7-23(3)16-10-13(20)5-6-15(16)24/h5-6,10-12H,4,7-9H2,1-3H3,(H,21,22)/t11-,12+/m1/s1. The summed E-state index contributed by atoms with van der Waals surface area (Å²) >= 11 is 0. The molecule has 2 aromatic rings. The van der Waals surface area contributed by atoms with Gasteiger partial charge in [-0.2, -0.15) is 5.10 Å². The van der Waals surface area contributed by atoms with Crippen LogP contribution in [0.4, 0.5) is 15.8 Å². The number of halogens is 1. The van der Waals surface area contributed by atoms with Gasteiger partial charge in [0.1, 0.15) is 5.82 Å². The lowest BCUT2D eigenvalue weighted by Crippen LogP contribution is -2.33. The summed E-state index contributed by atoms with van der Waals surface area (Å²) in [5.74, 6) is -0.450. The van der Waals surface area contributed by atoms with Crippen LogP contribution in [0.2, 0.25) is 0 Å². The predicted octanol–water partition coefficient (Wildman–Crippen LogP) is 3.06. The van der Waals surface area contributed by atoms with Gasteiger partial charge in [-0.1, -0.05) is 0 Å². The number of nitrogens with zero attached hydrogens (tertiary/aromatic N) is 3. The lowest BCUT2D eigenvalue weighted by molar-refractivity contribution is -0.00696. The van der Waals surface area contributed by atoms with E-state index in [0.29, 0.717) is 18.7 Å². The molecule has 1 aromatic heterocycles. The molecule has 138 valence electrons. The third-order valence-corrected chi connectivity index (χ3v) is 5.20. The quantitative estimate of drug-likeness (QED) is 0.851. The van der Waals surface area contributed by atoms with Crippen LogP contribution in [0.15, 0.2) is 18.2 Å². The van der Waals surface area contributed by atoms with E-state index < -0.39 is 0 Å². The van der Waals surface area contributed by atoms with Gasteiger partial charge in [0.05, 0.1) is 29.3 Å². The van der Waals surface area contributed by atoms with Crippen molar-refractivity contribution >= 4 is 17.3 Å². The summed E-state index contributed by atoms with van der Waals surface area (Å²) in [6.45, 7) is 5.30. The van der Waals surface area contributed by atoms with Crippen LogP contribution >= 0.6 is 0 Å². The average Bonchev–Trinajstić information content (AvgIpc) is 2.95. The topological polar surface area (TPSA) is 61.5 Å². The molecular weight excluding hydrogens is 335 g/mol. The summed E-state index contributed by atoms with van der Waals surface area (Å²) in [4.78, 5) is 17.1. The maximum atomic E-state index is 13.8. The number of H-pyrrole nitrogens is 1. The first-order valence-corrected chi connectivity index (χ1v) is 9.01. The van der Waals surface area contributed by atoms with Gasteiger partial charge in [0.15, 0.2) is 5.69 Å². The monoisotopic (exact) mass is 358 g/mol. The van der Waals surface area contributed by atoms with Crippen molar-refractivity contribution in [1.82, 2.24) is 10.2 Å². The Kier molecular flexibility index (Phi) is 4.19. The zero-order valence-electron chi connectivity index (χ0n) is 15.3. The molecule has 1 aromatic carbocycles. The van der Waals surface area contributed by atoms with E-state index in [1.54, 1.807) is 11.0 Å². The van der Waals surface area contributed by atoms with Crippen LogP contribution in [0.25, 0.3) is 0 Å². The molecule has 26 heavy (non-hydrogen) atoms. The number of ether oxygens (including phenoxy) is 1. The molecule has 2 aliphatic heterocycles. The van der Waals surface area contributed by atoms with Crippen molar-refractivity contribution in [2.45, 2.75) is 38.9 Å². The number of hydrogen-bond donors (Lipinski definition) is 1. The maximum Gasteiger partial charge on any atom is 0.279 e. The molecule has 0 saturated heterocycles. The molecule has 4 rings (SSSR count). The van der Waals surface area contributed by atoms with E-state index in [-0.39, 0.29) is 23.9 Å². The number of hydrogen-bond acceptors (Lipinski definition) is 4. The highest BCUT2D eigenvalue weighted by atomic mass is 19.1. The number of aromatic nitrogens is 2. The van der Waals surface area contributed by atoms with E-state index in [1.165, 1.54) is 12.1 Å². The van der Waals surface area contributed by atoms with Crippen LogP contribution in [-0.2, 0) is 11.2 Å². The van der Waals surface area contributed by atoms with Crippen molar-refractivity contribution in [1.29, 1.82) is 0 Å². The van der Waals surface area contributed by atoms with Crippen molar-refractivity contribution in [3.63, 3.8) is 0 Å². The van der Waals surface area contributed by atoms with Crippen LogP contribution < -0.4 is 9.80 Å². The van der Waals surface area contributed by atoms with Gasteiger partial charge in [-0.05, 0) is 38.5 Å². The van der Waals surface area contributed by atoms with Gasteiger partial charge >= 0.3 is 0 Å². The molecule has 7 heteroatoms. The van der Waals surface area contributed by atoms with Crippen LogP contribution in [0.1, 0.15) is 48.1 Å². The third-order valence-electron chi connectivity index (χ3n) is 5.20. The van der Waals surface area contributed by atoms with Gasteiger partial charge in [-0.25, -0.2) is 4.39 Å². The summed E-state index contributed by atoms with van der Waals surface area (Å²) in [6, 6.07) is 4.56. The Balaban J connectivity index is 1.75. The molecule has 1 amide bonds. The fourth-order valence-electron chi connectivity index (χ4n) is 3.93. The SMILES string of the molecule is C[C@@H]1Cc2c(C(=O)N3CCCN(C)c4cc(F)ccc43)n[nH]c2[C@H](C)O1. The second-order valence-electron chi connectivity index (χ2n) is 7.12. The van der Waals surface area contributed by atoms with Gasteiger partial charge in [0, 0.05) is 32.1 Å². The van der Waals surface area contributed by atoms with E-state index in [2.05, 4.69) is 10.2 Å². The van der Waals surface area contributed by atoms with Gasteiger partial charge in [-0.3, -0.25) is 9.89 Å². The molecular formula is C19H23FN4O2. The van der Waals surface area contributed by atoms with Gasteiger partial charge in [0.2, 0.25) is 0 Å². The molecule has 0 radical (unpaired) electrons. The highest BCUT2D eigenvalue weighted by molar-refractivity contribution is 6.07. The zero-order chi connectivity index (χ0) is 18.4. The van der Waals surface area contributed by atoms with Crippen molar-refractivity contribution < 1.29 is 13.9 Å².